The number of hydrogen-bond donors (Lipinski definition) is 1. The van der Waals surface area contributed by atoms with Crippen molar-refractivity contribution in [3.05, 3.63) is 12.7 Å². The van der Waals surface area contributed by atoms with E-state index in [-0.39, 0.29) is 6.10 Å². The van der Waals surface area contributed by atoms with E-state index in [0.717, 1.165) is 55.9 Å². The maximum Gasteiger partial charge on any atom is 0.165 e. The molecule has 6 nitrogen and oxygen atoms in total. The Balaban J connectivity index is 1.54. The number of thioether (sulfide) groups is 1. The van der Waals surface area contributed by atoms with Crippen LogP contribution in [0.5, 0.6) is 0 Å². The quantitative estimate of drug-likeness (QED) is 0.915. The van der Waals surface area contributed by atoms with Gasteiger partial charge >= 0.3 is 0 Å². The lowest BCUT2D eigenvalue weighted by Gasteiger charge is -2.35. The van der Waals surface area contributed by atoms with E-state index in [0.29, 0.717) is 16.4 Å². The lowest BCUT2D eigenvalue weighted by Crippen LogP contribution is -2.41. The number of aliphatic hydroxyl groups excluding tert-OH is 1. The molecule has 2 aliphatic rings. The van der Waals surface area contributed by atoms with E-state index in [9.17, 15) is 5.11 Å². The van der Waals surface area contributed by atoms with Crippen molar-refractivity contribution in [2.45, 2.75) is 56.3 Å². The number of rotatable bonds is 4. The van der Waals surface area contributed by atoms with Gasteiger partial charge in [0, 0.05) is 30.1 Å². The number of anilines is 1. The van der Waals surface area contributed by atoms with E-state index < -0.39 is 0 Å². The Morgan fingerprint density at radius 1 is 1.17 bits per heavy atom. The third-order valence-corrected chi connectivity index (χ3v) is 6.32. The van der Waals surface area contributed by atoms with E-state index in [2.05, 4.69) is 38.3 Å². The summed E-state index contributed by atoms with van der Waals surface area (Å²) in [5.74, 6) is 1.61. The van der Waals surface area contributed by atoms with Crippen LogP contribution in [-0.2, 0) is 6.54 Å². The van der Waals surface area contributed by atoms with Gasteiger partial charge in [-0.3, -0.25) is 0 Å². The van der Waals surface area contributed by atoms with E-state index in [1.165, 1.54) is 0 Å². The second-order valence-corrected chi connectivity index (χ2v) is 9.13. The molecule has 7 heteroatoms. The minimum atomic E-state index is -0.0793. The molecular formula is C17H25N5OS. The maximum absolute atomic E-state index is 9.42. The van der Waals surface area contributed by atoms with Crippen LogP contribution in [0.15, 0.2) is 12.7 Å². The Morgan fingerprint density at radius 2 is 1.92 bits per heavy atom. The van der Waals surface area contributed by atoms with Gasteiger partial charge in [-0.25, -0.2) is 15.0 Å². The summed E-state index contributed by atoms with van der Waals surface area (Å²) in [5, 5.41) is 10.6. The second kappa shape index (κ2) is 6.52. The third-order valence-electron chi connectivity index (χ3n) is 5.09. The number of fused-ring (bicyclic) bond motifs is 1. The molecule has 0 aromatic carbocycles. The van der Waals surface area contributed by atoms with Crippen LogP contribution < -0.4 is 4.90 Å². The second-order valence-electron chi connectivity index (χ2n) is 7.25. The average Bonchev–Trinajstić information content (AvgIpc) is 2.92. The number of aryl methyl sites for hydroxylation is 1. The summed E-state index contributed by atoms with van der Waals surface area (Å²) in [4.78, 5) is 16.0. The summed E-state index contributed by atoms with van der Waals surface area (Å²) in [7, 11) is 0. The minimum Gasteiger partial charge on any atom is -0.393 e. The highest BCUT2D eigenvalue weighted by Crippen LogP contribution is 2.32. The molecule has 4 rings (SSSR count). The van der Waals surface area contributed by atoms with Crippen molar-refractivity contribution in [3.63, 3.8) is 0 Å². The predicted molar refractivity (Wildman–Crippen MR) is 97.4 cm³/mol. The molecule has 0 amide bonds. The van der Waals surface area contributed by atoms with Crippen LogP contribution in [0, 0.1) is 5.92 Å². The van der Waals surface area contributed by atoms with Crippen molar-refractivity contribution >= 4 is 28.7 Å². The van der Waals surface area contributed by atoms with Gasteiger partial charge in [-0.15, -0.1) is 0 Å². The number of aromatic nitrogens is 4. The molecule has 130 valence electrons. The van der Waals surface area contributed by atoms with Crippen molar-refractivity contribution in [3.8, 4) is 0 Å². The van der Waals surface area contributed by atoms with Crippen LogP contribution in [0.4, 0.5) is 5.82 Å². The Labute approximate surface area is 146 Å². The molecule has 2 unspecified atom stereocenters. The third kappa shape index (κ3) is 3.11. The smallest absolute Gasteiger partial charge is 0.165 e. The molecule has 0 radical (unpaired) electrons. The van der Waals surface area contributed by atoms with Crippen LogP contribution in [-0.4, -0.2) is 54.3 Å². The van der Waals surface area contributed by atoms with E-state index in [1.807, 2.05) is 18.1 Å². The summed E-state index contributed by atoms with van der Waals surface area (Å²) >= 11 is 2.04. The molecule has 1 saturated carbocycles. The van der Waals surface area contributed by atoms with Crippen LogP contribution in [0.2, 0.25) is 0 Å². The molecule has 24 heavy (non-hydrogen) atoms. The molecule has 1 aliphatic heterocycles. The normalized spacial score (nSPS) is 30.5. The van der Waals surface area contributed by atoms with Gasteiger partial charge in [-0.1, -0.05) is 13.8 Å². The standard InChI is InChI=1S/C17H25N5OS/c1-11-7-22(8-12(2)24-11)17-15-16(18-9-19-17)21(10-20-15)4-3-13-5-14(23)6-13/h9-14,23H,3-8H2,1-2H3. The van der Waals surface area contributed by atoms with Crippen LogP contribution in [0.3, 0.4) is 0 Å². The van der Waals surface area contributed by atoms with Crippen molar-refractivity contribution in [2.24, 2.45) is 5.92 Å². The monoisotopic (exact) mass is 347 g/mol. The molecule has 0 bridgehead atoms. The van der Waals surface area contributed by atoms with Crippen molar-refractivity contribution < 1.29 is 5.11 Å². The fourth-order valence-electron chi connectivity index (χ4n) is 3.87. The summed E-state index contributed by atoms with van der Waals surface area (Å²) in [5.41, 5.74) is 1.84. The van der Waals surface area contributed by atoms with Gasteiger partial charge in [0.05, 0.1) is 12.4 Å². The van der Waals surface area contributed by atoms with Crippen molar-refractivity contribution in [2.75, 3.05) is 18.0 Å². The number of imidazole rings is 1. The molecule has 2 fully saturated rings. The Bertz CT molecular complexity index is 704. The Morgan fingerprint density at radius 3 is 2.62 bits per heavy atom. The van der Waals surface area contributed by atoms with Crippen LogP contribution in [0.25, 0.3) is 11.2 Å². The Hall–Kier alpha value is -1.34. The molecule has 2 aromatic rings. The number of hydrogen-bond acceptors (Lipinski definition) is 6. The first-order chi connectivity index (χ1) is 11.6. The summed E-state index contributed by atoms with van der Waals surface area (Å²) < 4.78 is 2.14. The molecule has 2 aromatic heterocycles. The zero-order valence-electron chi connectivity index (χ0n) is 14.3. The topological polar surface area (TPSA) is 67.1 Å². The fourth-order valence-corrected chi connectivity index (χ4v) is 5.20. The first-order valence-corrected chi connectivity index (χ1v) is 9.78. The minimum absolute atomic E-state index is 0.0793. The highest BCUT2D eigenvalue weighted by Gasteiger charge is 2.28. The van der Waals surface area contributed by atoms with Gasteiger partial charge in [0.25, 0.3) is 0 Å². The summed E-state index contributed by atoms with van der Waals surface area (Å²) in [6, 6.07) is 0. The SMILES string of the molecule is CC1CN(c2ncnc3c2ncn3CCC2CC(O)C2)CC(C)S1. The first-order valence-electron chi connectivity index (χ1n) is 8.84. The van der Waals surface area contributed by atoms with E-state index >= 15 is 0 Å². The predicted octanol–water partition coefficient (Wildman–Crippen LogP) is 2.32. The summed E-state index contributed by atoms with van der Waals surface area (Å²) in [6.45, 7) is 7.48. The lowest BCUT2D eigenvalue weighted by molar-refractivity contribution is 0.0374. The van der Waals surface area contributed by atoms with Gasteiger partial charge in [-0.05, 0) is 25.2 Å². The molecule has 1 N–H and O–H groups in total. The van der Waals surface area contributed by atoms with Gasteiger partial charge in [0.2, 0.25) is 0 Å². The zero-order chi connectivity index (χ0) is 16.7. The molecule has 1 aliphatic carbocycles. The molecule has 1 saturated heterocycles. The highest BCUT2D eigenvalue weighted by atomic mass is 32.2. The zero-order valence-corrected chi connectivity index (χ0v) is 15.1. The first kappa shape index (κ1) is 16.1. The molecular weight excluding hydrogens is 322 g/mol. The van der Waals surface area contributed by atoms with Gasteiger partial charge in [0.15, 0.2) is 17.0 Å². The van der Waals surface area contributed by atoms with Crippen molar-refractivity contribution in [1.29, 1.82) is 0 Å². The fraction of sp³-hybridized carbons (Fsp3) is 0.706. The maximum atomic E-state index is 9.42. The Kier molecular flexibility index (Phi) is 4.39. The van der Waals surface area contributed by atoms with Crippen molar-refractivity contribution in [1.82, 2.24) is 19.5 Å². The highest BCUT2D eigenvalue weighted by molar-refractivity contribution is 8.00. The van der Waals surface area contributed by atoms with Gasteiger partial charge < -0.3 is 14.6 Å². The van der Waals surface area contributed by atoms with Crippen LogP contribution >= 0.6 is 11.8 Å². The van der Waals surface area contributed by atoms with Crippen LogP contribution in [0.1, 0.15) is 33.1 Å². The molecule has 2 atom stereocenters. The van der Waals surface area contributed by atoms with E-state index in [1.54, 1.807) is 6.33 Å². The lowest BCUT2D eigenvalue weighted by atomic mass is 9.80. The van der Waals surface area contributed by atoms with Gasteiger partial charge in [0.1, 0.15) is 6.33 Å². The number of aliphatic hydroxyl groups is 1. The largest absolute Gasteiger partial charge is 0.393 e. The van der Waals surface area contributed by atoms with E-state index in [4.69, 9.17) is 0 Å². The molecule has 3 heterocycles. The number of nitrogens with zero attached hydrogens (tertiary/aromatic N) is 5. The molecule has 0 spiro atoms. The summed E-state index contributed by atoms with van der Waals surface area (Å²) in [6.07, 6.45) is 6.44. The van der Waals surface area contributed by atoms with Gasteiger partial charge in [-0.2, -0.15) is 11.8 Å². The average molecular weight is 347 g/mol.